The molecule has 6 heteroatoms. The zero-order valence-electron chi connectivity index (χ0n) is 13.9. The first kappa shape index (κ1) is 17.2. The molecule has 128 valence electrons. The van der Waals surface area contributed by atoms with Gasteiger partial charge in [0.25, 0.3) is 5.91 Å². The summed E-state index contributed by atoms with van der Waals surface area (Å²) in [6.07, 6.45) is 0. The maximum absolute atomic E-state index is 12.6. The molecule has 0 saturated carbocycles. The van der Waals surface area contributed by atoms with E-state index in [1.54, 1.807) is 18.2 Å². The van der Waals surface area contributed by atoms with Crippen molar-refractivity contribution in [3.8, 4) is 5.75 Å². The predicted octanol–water partition coefficient (Wildman–Crippen LogP) is 4.89. The van der Waals surface area contributed by atoms with Crippen LogP contribution in [0.3, 0.4) is 0 Å². The zero-order valence-corrected chi connectivity index (χ0v) is 15.5. The highest BCUT2D eigenvalue weighted by Gasteiger charge is 2.15. The number of ether oxygens (including phenoxy) is 1. The Hall–Kier alpha value is -2.60. The second-order valence-corrected chi connectivity index (χ2v) is 6.46. The van der Waals surface area contributed by atoms with Crippen LogP contribution in [0.25, 0.3) is 0 Å². The van der Waals surface area contributed by atoms with Crippen molar-refractivity contribution in [1.29, 1.82) is 0 Å². The Kier molecular flexibility index (Phi) is 5.19. The highest BCUT2D eigenvalue weighted by Crippen LogP contribution is 2.23. The quantitative estimate of drug-likeness (QED) is 0.662. The molecule has 0 radical (unpaired) electrons. The molecule has 0 aliphatic rings. The highest BCUT2D eigenvalue weighted by atomic mass is 79.9. The molecule has 0 saturated heterocycles. The van der Waals surface area contributed by atoms with E-state index in [0.29, 0.717) is 29.4 Å². The molecule has 1 aromatic heterocycles. The standard InChI is InChI=1S/C19H17BrN2O3/c1-12-17(13(2)25-22-12)11-24-18-6-4-3-5-16(18)19(23)21-15-9-7-14(20)8-10-15/h3-10H,11H2,1-2H3,(H,21,23). The molecule has 0 atom stereocenters. The molecule has 0 spiro atoms. The number of para-hydroxylation sites is 1. The van der Waals surface area contributed by atoms with Gasteiger partial charge in [0.05, 0.1) is 16.8 Å². The molecule has 0 unspecified atom stereocenters. The molecule has 1 N–H and O–H groups in total. The number of halogens is 1. The van der Waals surface area contributed by atoms with E-state index >= 15 is 0 Å². The number of benzene rings is 2. The molecule has 3 rings (SSSR count). The van der Waals surface area contributed by atoms with E-state index in [4.69, 9.17) is 9.26 Å². The summed E-state index contributed by atoms with van der Waals surface area (Å²) in [6.45, 7) is 4.00. The number of aryl methyl sites for hydroxylation is 2. The van der Waals surface area contributed by atoms with Gasteiger partial charge in [-0.15, -0.1) is 0 Å². The van der Waals surface area contributed by atoms with E-state index < -0.39 is 0 Å². The first-order valence-electron chi connectivity index (χ1n) is 7.75. The molecule has 0 aliphatic carbocycles. The predicted molar refractivity (Wildman–Crippen MR) is 98.8 cm³/mol. The van der Waals surface area contributed by atoms with Gasteiger partial charge in [-0.2, -0.15) is 0 Å². The second kappa shape index (κ2) is 7.53. The summed E-state index contributed by atoms with van der Waals surface area (Å²) in [5.41, 5.74) is 2.86. The minimum Gasteiger partial charge on any atom is -0.488 e. The van der Waals surface area contributed by atoms with Crippen molar-refractivity contribution in [3.63, 3.8) is 0 Å². The van der Waals surface area contributed by atoms with Crippen LogP contribution >= 0.6 is 15.9 Å². The normalized spacial score (nSPS) is 10.5. The molecule has 1 amide bonds. The monoisotopic (exact) mass is 400 g/mol. The highest BCUT2D eigenvalue weighted by molar-refractivity contribution is 9.10. The van der Waals surface area contributed by atoms with Crippen LogP contribution in [0.4, 0.5) is 5.69 Å². The lowest BCUT2D eigenvalue weighted by molar-refractivity contribution is 0.102. The van der Waals surface area contributed by atoms with Gasteiger partial charge in [0.2, 0.25) is 0 Å². The van der Waals surface area contributed by atoms with Crippen LogP contribution in [0.15, 0.2) is 57.5 Å². The first-order valence-corrected chi connectivity index (χ1v) is 8.54. The molecule has 3 aromatic rings. The molecule has 0 aliphatic heterocycles. The average molecular weight is 401 g/mol. The number of carbonyl (C=O) groups is 1. The maximum Gasteiger partial charge on any atom is 0.259 e. The molecule has 0 fully saturated rings. The van der Waals surface area contributed by atoms with Gasteiger partial charge < -0.3 is 14.6 Å². The van der Waals surface area contributed by atoms with E-state index in [1.165, 1.54) is 0 Å². The van der Waals surface area contributed by atoms with E-state index in [-0.39, 0.29) is 5.91 Å². The number of carbonyl (C=O) groups excluding carboxylic acids is 1. The van der Waals surface area contributed by atoms with Crippen molar-refractivity contribution < 1.29 is 14.1 Å². The van der Waals surface area contributed by atoms with Gasteiger partial charge in [0, 0.05) is 10.2 Å². The van der Waals surface area contributed by atoms with Crippen LogP contribution in [0.1, 0.15) is 27.4 Å². The number of anilines is 1. The van der Waals surface area contributed by atoms with E-state index in [9.17, 15) is 4.79 Å². The summed E-state index contributed by atoms with van der Waals surface area (Å²) in [6, 6.07) is 14.5. The third kappa shape index (κ3) is 4.09. The SMILES string of the molecule is Cc1noc(C)c1COc1ccccc1C(=O)Nc1ccc(Br)cc1. The van der Waals surface area contributed by atoms with E-state index in [2.05, 4.69) is 26.4 Å². The van der Waals surface area contributed by atoms with Crippen molar-refractivity contribution in [2.45, 2.75) is 20.5 Å². The van der Waals surface area contributed by atoms with Crippen LogP contribution in [-0.4, -0.2) is 11.1 Å². The summed E-state index contributed by atoms with van der Waals surface area (Å²) < 4.78 is 11.9. The van der Waals surface area contributed by atoms with Crippen molar-refractivity contribution in [2.24, 2.45) is 0 Å². The van der Waals surface area contributed by atoms with Crippen molar-refractivity contribution in [1.82, 2.24) is 5.16 Å². The van der Waals surface area contributed by atoms with Gasteiger partial charge in [-0.05, 0) is 50.2 Å². The number of hydrogen-bond acceptors (Lipinski definition) is 4. The van der Waals surface area contributed by atoms with Crippen LogP contribution < -0.4 is 10.1 Å². The Morgan fingerprint density at radius 1 is 1.16 bits per heavy atom. The van der Waals surface area contributed by atoms with Crippen LogP contribution in [0, 0.1) is 13.8 Å². The topological polar surface area (TPSA) is 64.4 Å². The number of amides is 1. The molecule has 25 heavy (non-hydrogen) atoms. The fraction of sp³-hybridized carbons (Fsp3) is 0.158. The average Bonchev–Trinajstić information content (AvgIpc) is 2.93. The zero-order chi connectivity index (χ0) is 17.8. The third-order valence-corrected chi connectivity index (χ3v) is 4.32. The Morgan fingerprint density at radius 3 is 2.56 bits per heavy atom. The number of nitrogens with zero attached hydrogens (tertiary/aromatic N) is 1. The Labute approximate surface area is 154 Å². The van der Waals surface area contributed by atoms with Crippen molar-refractivity contribution in [2.75, 3.05) is 5.32 Å². The van der Waals surface area contributed by atoms with Gasteiger partial charge in [-0.25, -0.2) is 0 Å². The van der Waals surface area contributed by atoms with E-state index in [0.717, 1.165) is 15.7 Å². The summed E-state index contributed by atoms with van der Waals surface area (Å²) >= 11 is 3.37. The number of aromatic nitrogens is 1. The lowest BCUT2D eigenvalue weighted by Gasteiger charge is -2.12. The minimum atomic E-state index is -0.225. The van der Waals surface area contributed by atoms with Gasteiger partial charge in [0.15, 0.2) is 0 Å². The lowest BCUT2D eigenvalue weighted by Crippen LogP contribution is -2.13. The van der Waals surface area contributed by atoms with Crippen molar-refractivity contribution in [3.05, 3.63) is 75.6 Å². The van der Waals surface area contributed by atoms with Crippen LogP contribution in [0.5, 0.6) is 5.75 Å². The lowest BCUT2D eigenvalue weighted by atomic mass is 10.1. The number of rotatable bonds is 5. The fourth-order valence-electron chi connectivity index (χ4n) is 2.37. The Bertz CT molecular complexity index is 868. The smallest absolute Gasteiger partial charge is 0.259 e. The first-order chi connectivity index (χ1) is 12.0. The maximum atomic E-state index is 12.6. The fourth-order valence-corrected chi connectivity index (χ4v) is 2.63. The van der Waals surface area contributed by atoms with Crippen molar-refractivity contribution >= 4 is 27.5 Å². The molecule has 5 nitrogen and oxygen atoms in total. The molecule has 1 heterocycles. The van der Waals surface area contributed by atoms with Crippen LogP contribution in [-0.2, 0) is 6.61 Å². The molecule has 2 aromatic carbocycles. The Balaban J connectivity index is 1.76. The summed E-state index contributed by atoms with van der Waals surface area (Å²) in [5, 5.41) is 6.78. The second-order valence-electron chi connectivity index (χ2n) is 5.55. The molecule has 0 bridgehead atoms. The minimum absolute atomic E-state index is 0.225. The van der Waals surface area contributed by atoms with Crippen LogP contribution in [0.2, 0.25) is 0 Å². The van der Waals surface area contributed by atoms with Gasteiger partial charge in [-0.3, -0.25) is 4.79 Å². The van der Waals surface area contributed by atoms with E-state index in [1.807, 2.05) is 44.2 Å². The van der Waals surface area contributed by atoms with Gasteiger partial charge in [0.1, 0.15) is 18.1 Å². The van der Waals surface area contributed by atoms with Gasteiger partial charge >= 0.3 is 0 Å². The Morgan fingerprint density at radius 2 is 1.88 bits per heavy atom. The largest absolute Gasteiger partial charge is 0.488 e. The summed E-state index contributed by atoms with van der Waals surface area (Å²) in [7, 11) is 0. The molecular weight excluding hydrogens is 384 g/mol. The number of nitrogens with one attached hydrogen (secondary N) is 1. The number of hydrogen-bond donors (Lipinski definition) is 1. The summed E-state index contributed by atoms with van der Waals surface area (Å²) in [4.78, 5) is 12.6. The van der Waals surface area contributed by atoms with Gasteiger partial charge in [-0.1, -0.05) is 33.2 Å². The molecular formula is C19H17BrN2O3. The third-order valence-electron chi connectivity index (χ3n) is 3.79. The summed E-state index contributed by atoms with van der Waals surface area (Å²) in [5.74, 6) is 1.00.